The van der Waals surface area contributed by atoms with Crippen molar-refractivity contribution in [1.29, 1.82) is 0 Å². The van der Waals surface area contributed by atoms with Gasteiger partial charge in [-0.3, -0.25) is 0 Å². The first-order valence-electron chi connectivity index (χ1n) is 6.52. The quantitative estimate of drug-likeness (QED) is 0.617. The molecule has 0 N–H and O–H groups in total. The van der Waals surface area contributed by atoms with Crippen LogP contribution >= 0.6 is 11.6 Å². The van der Waals surface area contributed by atoms with Crippen molar-refractivity contribution in [3.8, 4) is 0 Å². The minimum absolute atomic E-state index is 0.0347. The second-order valence-electron chi connectivity index (χ2n) is 4.81. The number of aromatic nitrogens is 1. The molecule has 3 nitrogen and oxygen atoms in total. The molecular weight excluding hydrogens is 250 g/mol. The average Bonchev–Trinajstić information content (AvgIpc) is 2.39. The monoisotopic (exact) mass is 267 g/mol. The van der Waals surface area contributed by atoms with Crippen LogP contribution in [0, 0.1) is 5.92 Å². The van der Waals surface area contributed by atoms with Crippen LogP contribution in [0.2, 0.25) is 5.15 Å². The van der Waals surface area contributed by atoms with Crippen LogP contribution < -0.4 is 0 Å². The highest BCUT2D eigenvalue weighted by molar-refractivity contribution is 6.32. The Morgan fingerprint density at radius 3 is 3.11 bits per heavy atom. The summed E-state index contributed by atoms with van der Waals surface area (Å²) in [6.45, 7) is 2.19. The third kappa shape index (κ3) is 3.22. The maximum Gasteiger partial charge on any atom is 0.341 e. The van der Waals surface area contributed by atoms with Gasteiger partial charge >= 0.3 is 5.97 Å². The van der Waals surface area contributed by atoms with E-state index >= 15 is 0 Å². The van der Waals surface area contributed by atoms with Gasteiger partial charge in [-0.25, -0.2) is 9.78 Å². The summed E-state index contributed by atoms with van der Waals surface area (Å²) in [5, 5.41) is 0.213. The lowest BCUT2D eigenvalue weighted by Crippen LogP contribution is -2.25. The number of hydrogen-bond acceptors (Lipinski definition) is 3. The van der Waals surface area contributed by atoms with Gasteiger partial charge in [0.05, 0.1) is 5.56 Å². The lowest BCUT2D eigenvalue weighted by atomic mass is 9.85. The zero-order valence-electron chi connectivity index (χ0n) is 10.6. The van der Waals surface area contributed by atoms with Gasteiger partial charge < -0.3 is 4.74 Å². The van der Waals surface area contributed by atoms with E-state index in [0.717, 1.165) is 25.7 Å². The summed E-state index contributed by atoms with van der Waals surface area (Å²) < 4.78 is 5.53. The lowest BCUT2D eigenvalue weighted by molar-refractivity contribution is 0.0140. The Labute approximate surface area is 113 Å². The highest BCUT2D eigenvalue weighted by atomic mass is 35.5. The average molecular weight is 268 g/mol. The largest absolute Gasteiger partial charge is 0.459 e. The van der Waals surface area contributed by atoms with Crippen molar-refractivity contribution < 1.29 is 9.53 Å². The van der Waals surface area contributed by atoms with Crippen molar-refractivity contribution in [3.05, 3.63) is 29.0 Å². The van der Waals surface area contributed by atoms with Crippen molar-refractivity contribution in [2.24, 2.45) is 5.92 Å². The fourth-order valence-electron chi connectivity index (χ4n) is 2.47. The van der Waals surface area contributed by atoms with Crippen molar-refractivity contribution >= 4 is 17.6 Å². The van der Waals surface area contributed by atoms with Gasteiger partial charge in [-0.2, -0.15) is 0 Å². The summed E-state index contributed by atoms with van der Waals surface area (Å²) in [5.74, 6) is 0.329. The number of esters is 1. The van der Waals surface area contributed by atoms with Crippen LogP contribution in [-0.2, 0) is 4.74 Å². The Morgan fingerprint density at radius 1 is 1.56 bits per heavy atom. The summed E-state index contributed by atoms with van der Waals surface area (Å²) in [6, 6.07) is 3.34. The van der Waals surface area contributed by atoms with Crippen molar-refractivity contribution in [1.82, 2.24) is 4.98 Å². The van der Waals surface area contributed by atoms with Gasteiger partial charge in [-0.15, -0.1) is 0 Å². The Bertz CT molecular complexity index is 422. The van der Waals surface area contributed by atoms with E-state index in [2.05, 4.69) is 11.9 Å². The Hall–Kier alpha value is -1.09. The molecule has 2 atom stereocenters. The van der Waals surface area contributed by atoms with Gasteiger partial charge in [0, 0.05) is 6.20 Å². The molecule has 1 aromatic rings. The molecule has 98 valence electrons. The van der Waals surface area contributed by atoms with Gasteiger partial charge in [0.15, 0.2) is 0 Å². The van der Waals surface area contributed by atoms with E-state index < -0.39 is 0 Å². The number of carbonyl (C=O) groups excluding carboxylic acids is 1. The molecule has 1 fully saturated rings. The minimum atomic E-state index is -0.352. The molecule has 1 aliphatic carbocycles. The summed E-state index contributed by atoms with van der Waals surface area (Å²) in [4.78, 5) is 15.9. The second kappa shape index (κ2) is 6.19. The standard InChI is InChI=1S/C14H18ClNO2/c1-2-10-5-3-6-11(9-10)18-14(17)12-7-4-8-16-13(12)15/h4,7-8,10-11H,2-3,5-6,9H2,1H3. The van der Waals surface area contributed by atoms with E-state index in [1.54, 1.807) is 18.3 Å². The maximum atomic E-state index is 12.0. The minimum Gasteiger partial charge on any atom is -0.459 e. The van der Waals surface area contributed by atoms with Gasteiger partial charge in [-0.05, 0) is 37.3 Å². The Morgan fingerprint density at radius 2 is 2.39 bits per heavy atom. The molecule has 0 radical (unpaired) electrons. The van der Waals surface area contributed by atoms with Crippen LogP contribution in [0.25, 0.3) is 0 Å². The molecule has 0 bridgehead atoms. The number of halogens is 1. The van der Waals surface area contributed by atoms with Crippen LogP contribution in [-0.4, -0.2) is 17.1 Å². The molecule has 0 aliphatic heterocycles. The predicted octanol–water partition coefficient (Wildman–Crippen LogP) is 3.86. The normalized spacial score (nSPS) is 23.7. The molecule has 2 rings (SSSR count). The van der Waals surface area contributed by atoms with Crippen LogP contribution in [0.3, 0.4) is 0 Å². The maximum absolute atomic E-state index is 12.0. The van der Waals surface area contributed by atoms with E-state index in [1.165, 1.54) is 6.42 Å². The van der Waals surface area contributed by atoms with Gasteiger partial charge in [0.2, 0.25) is 0 Å². The van der Waals surface area contributed by atoms with E-state index in [0.29, 0.717) is 11.5 Å². The second-order valence-corrected chi connectivity index (χ2v) is 5.17. The summed E-state index contributed by atoms with van der Waals surface area (Å²) in [5.41, 5.74) is 0.359. The Kier molecular flexibility index (Phi) is 4.59. The van der Waals surface area contributed by atoms with E-state index in [1.807, 2.05) is 0 Å². The topological polar surface area (TPSA) is 39.2 Å². The molecular formula is C14H18ClNO2. The van der Waals surface area contributed by atoms with Crippen LogP contribution in [0.4, 0.5) is 0 Å². The number of hydrogen-bond donors (Lipinski definition) is 0. The smallest absolute Gasteiger partial charge is 0.341 e. The highest BCUT2D eigenvalue weighted by Crippen LogP contribution is 2.29. The zero-order valence-corrected chi connectivity index (χ0v) is 11.3. The number of pyridine rings is 1. The first kappa shape index (κ1) is 13.3. The molecule has 4 heteroatoms. The number of nitrogens with zero attached hydrogens (tertiary/aromatic N) is 1. The summed E-state index contributed by atoms with van der Waals surface area (Å²) in [7, 11) is 0. The Balaban J connectivity index is 1.97. The van der Waals surface area contributed by atoms with Crippen molar-refractivity contribution in [3.63, 3.8) is 0 Å². The molecule has 1 heterocycles. The predicted molar refractivity (Wildman–Crippen MR) is 70.7 cm³/mol. The molecule has 0 spiro atoms. The lowest BCUT2D eigenvalue weighted by Gasteiger charge is -2.28. The van der Waals surface area contributed by atoms with Crippen LogP contribution in [0.1, 0.15) is 49.4 Å². The molecule has 0 saturated heterocycles. The molecule has 18 heavy (non-hydrogen) atoms. The summed E-state index contributed by atoms with van der Waals surface area (Å²) >= 11 is 5.88. The molecule has 1 aromatic heterocycles. The van der Waals surface area contributed by atoms with Crippen LogP contribution in [0.5, 0.6) is 0 Å². The first-order chi connectivity index (χ1) is 8.70. The van der Waals surface area contributed by atoms with Crippen molar-refractivity contribution in [2.75, 3.05) is 0 Å². The van der Waals surface area contributed by atoms with Gasteiger partial charge in [0.1, 0.15) is 11.3 Å². The van der Waals surface area contributed by atoms with Gasteiger partial charge in [0.25, 0.3) is 0 Å². The molecule has 1 saturated carbocycles. The van der Waals surface area contributed by atoms with E-state index in [4.69, 9.17) is 16.3 Å². The molecule has 2 unspecified atom stereocenters. The third-order valence-corrected chi connectivity index (χ3v) is 3.87. The number of ether oxygens (including phenoxy) is 1. The molecule has 0 aromatic carbocycles. The first-order valence-corrected chi connectivity index (χ1v) is 6.90. The zero-order chi connectivity index (χ0) is 13.0. The highest BCUT2D eigenvalue weighted by Gasteiger charge is 2.25. The fourth-order valence-corrected chi connectivity index (χ4v) is 2.67. The number of rotatable bonds is 3. The molecule has 1 aliphatic rings. The van der Waals surface area contributed by atoms with Crippen molar-refractivity contribution in [2.45, 2.75) is 45.1 Å². The van der Waals surface area contributed by atoms with Gasteiger partial charge in [-0.1, -0.05) is 31.4 Å². The van der Waals surface area contributed by atoms with E-state index in [-0.39, 0.29) is 17.2 Å². The fraction of sp³-hybridized carbons (Fsp3) is 0.571. The third-order valence-electron chi connectivity index (χ3n) is 3.56. The number of carbonyl (C=O) groups is 1. The van der Waals surface area contributed by atoms with E-state index in [9.17, 15) is 4.79 Å². The van der Waals surface area contributed by atoms with Crippen LogP contribution in [0.15, 0.2) is 18.3 Å². The molecule has 0 amide bonds. The SMILES string of the molecule is CCC1CCCC(OC(=O)c2cccnc2Cl)C1. The summed E-state index contributed by atoms with van der Waals surface area (Å²) in [6.07, 6.45) is 7.07.